The highest BCUT2D eigenvalue weighted by Gasteiger charge is 2.23. The number of fused-ring (bicyclic) bond motifs is 13. The molecule has 0 aliphatic heterocycles. The minimum absolute atomic E-state index is 0.913. The molecule has 0 N–H and O–H groups in total. The highest BCUT2D eigenvalue weighted by atomic mass is 16.3. The monoisotopic (exact) mass is 421 g/mol. The van der Waals surface area contributed by atoms with Crippen molar-refractivity contribution in [3.63, 3.8) is 0 Å². The van der Waals surface area contributed by atoms with Crippen molar-refractivity contribution in [2.45, 2.75) is 0 Å². The summed E-state index contributed by atoms with van der Waals surface area (Å²) in [5, 5.41) is 7.13. The molecule has 0 bridgehead atoms. The second-order valence-corrected chi connectivity index (χ2v) is 8.88. The predicted molar refractivity (Wildman–Crippen MR) is 135 cm³/mol. The van der Waals surface area contributed by atoms with Crippen molar-refractivity contribution in [1.82, 2.24) is 13.8 Å². The van der Waals surface area contributed by atoms with E-state index in [1.165, 1.54) is 32.6 Å². The van der Waals surface area contributed by atoms with E-state index in [2.05, 4.69) is 87.7 Å². The van der Waals surface area contributed by atoms with Gasteiger partial charge in [-0.15, -0.1) is 0 Å². The van der Waals surface area contributed by atoms with Gasteiger partial charge in [0.25, 0.3) is 0 Å². The summed E-state index contributed by atoms with van der Waals surface area (Å²) in [4.78, 5) is 5.15. The lowest BCUT2D eigenvalue weighted by Gasteiger charge is -1.99. The second kappa shape index (κ2) is 5.25. The summed E-state index contributed by atoms with van der Waals surface area (Å²) in [5.74, 6) is 0.925. The first-order chi connectivity index (χ1) is 16.4. The van der Waals surface area contributed by atoms with Crippen molar-refractivity contribution in [2.75, 3.05) is 0 Å². The Morgan fingerprint density at radius 2 is 1.33 bits per heavy atom. The Bertz CT molecular complexity index is 2240. The molecule has 5 aromatic carbocycles. The summed E-state index contributed by atoms with van der Waals surface area (Å²) in [7, 11) is 0. The number of imidazole rings is 2. The van der Waals surface area contributed by atoms with Crippen molar-refractivity contribution < 1.29 is 4.42 Å². The number of aromatic nitrogens is 3. The molecule has 0 amide bonds. The van der Waals surface area contributed by atoms with E-state index >= 15 is 0 Å². The van der Waals surface area contributed by atoms with Crippen LogP contribution in [0.15, 0.2) is 95.4 Å². The van der Waals surface area contributed by atoms with Crippen molar-refractivity contribution in [3.8, 4) is 0 Å². The Kier molecular flexibility index (Phi) is 2.56. The van der Waals surface area contributed by atoms with Gasteiger partial charge in [-0.3, -0.25) is 8.80 Å². The molecule has 9 rings (SSSR count). The van der Waals surface area contributed by atoms with Crippen LogP contribution < -0.4 is 0 Å². The van der Waals surface area contributed by atoms with Gasteiger partial charge in [0, 0.05) is 21.5 Å². The van der Waals surface area contributed by atoms with Gasteiger partial charge in [-0.1, -0.05) is 60.7 Å². The zero-order chi connectivity index (χ0) is 21.3. The van der Waals surface area contributed by atoms with Crippen LogP contribution in [-0.4, -0.2) is 13.8 Å². The van der Waals surface area contributed by atoms with Crippen LogP contribution in [0.2, 0.25) is 0 Å². The Hall–Kier alpha value is -4.57. The van der Waals surface area contributed by atoms with Crippen LogP contribution in [0.5, 0.6) is 0 Å². The summed E-state index contributed by atoms with van der Waals surface area (Å²) < 4.78 is 11.1. The molecule has 0 aliphatic carbocycles. The molecule has 9 aromatic rings. The smallest absolute Gasteiger partial charge is 0.220 e. The summed E-state index contributed by atoms with van der Waals surface area (Å²) in [6.45, 7) is 0. The van der Waals surface area contributed by atoms with E-state index in [-0.39, 0.29) is 0 Å². The Balaban J connectivity index is 1.61. The molecule has 152 valence electrons. The lowest BCUT2D eigenvalue weighted by Crippen LogP contribution is -1.84. The highest BCUT2D eigenvalue weighted by molar-refractivity contribution is 6.24. The first-order valence-corrected chi connectivity index (χ1v) is 11.2. The first kappa shape index (κ1) is 16.1. The topological polar surface area (TPSA) is 34.9 Å². The number of benzene rings is 5. The fourth-order valence-corrected chi connectivity index (χ4v) is 5.83. The molecule has 0 unspecified atom stereocenters. The zero-order valence-electron chi connectivity index (χ0n) is 17.4. The van der Waals surface area contributed by atoms with E-state index in [9.17, 15) is 0 Å². The highest BCUT2D eigenvalue weighted by Crippen LogP contribution is 2.42. The maximum atomic E-state index is 6.46. The molecule has 4 heteroatoms. The van der Waals surface area contributed by atoms with Gasteiger partial charge in [-0.05, 0) is 41.1 Å². The van der Waals surface area contributed by atoms with Crippen molar-refractivity contribution in [2.24, 2.45) is 0 Å². The third-order valence-corrected chi connectivity index (χ3v) is 7.22. The molecular weight excluding hydrogens is 406 g/mol. The molecule has 0 atom stereocenters. The summed E-state index contributed by atoms with van der Waals surface area (Å²) >= 11 is 0. The lowest BCUT2D eigenvalue weighted by molar-refractivity contribution is 0.671. The van der Waals surface area contributed by atoms with E-state index in [4.69, 9.17) is 9.40 Å². The average molecular weight is 421 g/mol. The SMILES string of the molecule is c1ccc2cc3c(cc2c1)nc1n3c2cccc3c4ccc5c6ccccc6oc5c4n1c32. The summed E-state index contributed by atoms with van der Waals surface area (Å²) in [6.07, 6.45) is 0. The normalized spacial score (nSPS) is 12.8. The quantitative estimate of drug-likeness (QED) is 0.253. The third-order valence-electron chi connectivity index (χ3n) is 7.22. The van der Waals surface area contributed by atoms with Crippen molar-refractivity contribution in [1.29, 1.82) is 0 Å². The molecule has 0 saturated heterocycles. The van der Waals surface area contributed by atoms with Crippen molar-refractivity contribution in [3.05, 3.63) is 91.0 Å². The molecule has 0 saturated carbocycles. The van der Waals surface area contributed by atoms with E-state index in [0.717, 1.165) is 44.3 Å². The fraction of sp³-hybridized carbons (Fsp3) is 0. The largest absolute Gasteiger partial charge is 0.454 e. The van der Waals surface area contributed by atoms with Gasteiger partial charge in [0.2, 0.25) is 5.78 Å². The number of hydrogen-bond acceptors (Lipinski definition) is 2. The third kappa shape index (κ3) is 1.76. The van der Waals surface area contributed by atoms with Crippen LogP contribution in [0.3, 0.4) is 0 Å². The molecule has 4 heterocycles. The Morgan fingerprint density at radius 1 is 0.576 bits per heavy atom. The Morgan fingerprint density at radius 3 is 2.27 bits per heavy atom. The van der Waals surface area contributed by atoms with Gasteiger partial charge in [0.15, 0.2) is 5.58 Å². The number of rotatable bonds is 0. The van der Waals surface area contributed by atoms with Gasteiger partial charge >= 0.3 is 0 Å². The molecule has 4 nitrogen and oxygen atoms in total. The molecule has 0 radical (unpaired) electrons. The van der Waals surface area contributed by atoms with E-state index in [1.54, 1.807) is 0 Å². The van der Waals surface area contributed by atoms with E-state index in [1.807, 2.05) is 12.1 Å². The van der Waals surface area contributed by atoms with E-state index in [0.29, 0.717) is 0 Å². The van der Waals surface area contributed by atoms with Crippen molar-refractivity contribution >= 4 is 76.8 Å². The Labute approximate surface area is 186 Å². The van der Waals surface area contributed by atoms with Crippen LogP contribution in [0.25, 0.3) is 76.8 Å². The van der Waals surface area contributed by atoms with Gasteiger partial charge in [0.05, 0.1) is 22.1 Å². The number of nitrogens with zero attached hydrogens (tertiary/aromatic N) is 3. The maximum absolute atomic E-state index is 6.46. The van der Waals surface area contributed by atoms with Gasteiger partial charge in [0.1, 0.15) is 11.1 Å². The average Bonchev–Trinajstić information content (AvgIpc) is 3.57. The lowest BCUT2D eigenvalue weighted by atomic mass is 10.1. The predicted octanol–water partition coefficient (Wildman–Crippen LogP) is 7.54. The molecule has 0 aliphatic rings. The van der Waals surface area contributed by atoms with Crippen LogP contribution >= 0.6 is 0 Å². The molecule has 4 aromatic heterocycles. The van der Waals surface area contributed by atoms with Gasteiger partial charge < -0.3 is 4.42 Å². The fourth-order valence-electron chi connectivity index (χ4n) is 5.83. The number of furan rings is 1. The van der Waals surface area contributed by atoms with Crippen LogP contribution in [0.4, 0.5) is 0 Å². The number of hydrogen-bond donors (Lipinski definition) is 0. The minimum atomic E-state index is 0.913. The van der Waals surface area contributed by atoms with Gasteiger partial charge in [-0.2, -0.15) is 0 Å². The van der Waals surface area contributed by atoms with Crippen LogP contribution in [-0.2, 0) is 0 Å². The van der Waals surface area contributed by atoms with Crippen LogP contribution in [0, 0.1) is 0 Å². The van der Waals surface area contributed by atoms with Gasteiger partial charge in [-0.25, -0.2) is 4.98 Å². The molecule has 0 spiro atoms. The van der Waals surface area contributed by atoms with E-state index < -0.39 is 0 Å². The summed E-state index contributed by atoms with van der Waals surface area (Å²) in [5.41, 5.74) is 7.41. The number of para-hydroxylation sites is 2. The standard InChI is InChI=1S/C29H15N3O/c1-2-7-17-15-24-22(14-16(17)6-1)30-29-31(24)23-10-5-9-19-20-12-13-21-18-8-3-4-11-25(18)33-28(21)27(20)32(29)26(19)23/h1-15H. The molecular formula is C29H15N3O. The summed E-state index contributed by atoms with van der Waals surface area (Å²) in [6, 6.07) is 32.2. The van der Waals surface area contributed by atoms with Crippen LogP contribution in [0.1, 0.15) is 0 Å². The molecule has 0 fully saturated rings. The molecule has 33 heavy (non-hydrogen) atoms. The first-order valence-electron chi connectivity index (χ1n) is 11.2. The minimum Gasteiger partial charge on any atom is -0.454 e. The zero-order valence-corrected chi connectivity index (χ0v) is 17.4. The second-order valence-electron chi connectivity index (χ2n) is 8.88. The maximum Gasteiger partial charge on any atom is 0.220 e.